The second-order valence-electron chi connectivity index (χ2n) is 7.22. The predicted molar refractivity (Wildman–Crippen MR) is 113 cm³/mol. The van der Waals surface area contributed by atoms with Crippen LogP contribution >= 0.6 is 0 Å². The van der Waals surface area contributed by atoms with Crippen molar-refractivity contribution >= 4 is 16.7 Å². The largest absolute Gasteiger partial charge is 0.491 e. The molecule has 1 saturated heterocycles. The first-order valence-corrected chi connectivity index (χ1v) is 10.1. The molecule has 1 fully saturated rings. The van der Waals surface area contributed by atoms with Gasteiger partial charge in [0.1, 0.15) is 12.4 Å². The zero-order chi connectivity index (χ0) is 19.7. The molecule has 1 aliphatic heterocycles. The van der Waals surface area contributed by atoms with Crippen LogP contribution in [0.15, 0.2) is 47.5 Å². The number of fused-ring (bicyclic) bond motifs is 1. The van der Waals surface area contributed by atoms with E-state index in [-0.39, 0.29) is 12.0 Å². The van der Waals surface area contributed by atoms with Gasteiger partial charge in [-0.05, 0) is 31.2 Å². The Morgan fingerprint density at radius 2 is 2.07 bits per heavy atom. The van der Waals surface area contributed by atoms with Crippen molar-refractivity contribution in [2.45, 2.75) is 19.8 Å². The monoisotopic (exact) mass is 385 g/mol. The third kappa shape index (κ3) is 5.36. The molecule has 0 amide bonds. The number of nitrogens with zero attached hydrogens (tertiary/aromatic N) is 1. The molecule has 0 aromatic heterocycles. The van der Waals surface area contributed by atoms with Crippen molar-refractivity contribution in [3.05, 3.63) is 42.5 Å². The first-order chi connectivity index (χ1) is 13.8. The van der Waals surface area contributed by atoms with Crippen LogP contribution in [-0.2, 0) is 4.74 Å². The molecular weight excluding hydrogens is 354 g/mol. The molecule has 1 unspecified atom stereocenters. The molecule has 0 radical (unpaired) electrons. The molecule has 0 aliphatic carbocycles. The molecule has 152 valence electrons. The number of ether oxygens (including phenoxy) is 2. The molecule has 6 heteroatoms. The van der Waals surface area contributed by atoms with Crippen LogP contribution in [0.5, 0.6) is 5.75 Å². The second kappa shape index (κ2) is 10.3. The molecule has 28 heavy (non-hydrogen) atoms. The van der Waals surface area contributed by atoms with Crippen LogP contribution in [0.2, 0.25) is 0 Å². The number of benzene rings is 2. The lowest BCUT2D eigenvalue weighted by molar-refractivity contribution is 0.131. The topological polar surface area (TPSA) is 75.1 Å². The maximum atomic E-state index is 9.37. The molecule has 0 bridgehead atoms. The number of nitrogens with one attached hydrogen (secondary N) is 2. The predicted octanol–water partition coefficient (Wildman–Crippen LogP) is 2.56. The highest BCUT2D eigenvalue weighted by Crippen LogP contribution is 2.32. The van der Waals surface area contributed by atoms with Gasteiger partial charge in [-0.2, -0.15) is 0 Å². The summed E-state index contributed by atoms with van der Waals surface area (Å²) in [6.07, 6.45) is 1.67. The Balaban J connectivity index is 1.53. The van der Waals surface area contributed by atoms with E-state index >= 15 is 0 Å². The summed E-state index contributed by atoms with van der Waals surface area (Å²) in [7, 11) is 0. The van der Waals surface area contributed by atoms with Gasteiger partial charge in [0.2, 0.25) is 0 Å². The average Bonchev–Trinajstić information content (AvgIpc) is 3.18. The molecule has 3 rings (SSSR count). The van der Waals surface area contributed by atoms with Gasteiger partial charge in [0.05, 0.1) is 19.7 Å². The van der Waals surface area contributed by atoms with Crippen LogP contribution in [0, 0.1) is 5.41 Å². The fourth-order valence-corrected chi connectivity index (χ4v) is 3.53. The zero-order valence-electron chi connectivity index (χ0n) is 16.6. The van der Waals surface area contributed by atoms with E-state index in [0.717, 1.165) is 43.1 Å². The van der Waals surface area contributed by atoms with Crippen molar-refractivity contribution in [1.82, 2.24) is 10.6 Å². The standard InChI is InChI=1S/C22H31N3O3/c1-2-23-21(25-16-22(10-13-26)11-14-27-17-22)24-12-15-28-20-9-5-7-18-6-3-4-8-19(18)20/h3-9,26H,2,10-17H2,1H3,(H2,23,24,25). The van der Waals surface area contributed by atoms with Crippen molar-refractivity contribution in [2.75, 3.05) is 46.1 Å². The molecule has 3 N–H and O–H groups in total. The number of aliphatic hydroxyl groups excluding tert-OH is 1. The summed E-state index contributed by atoms with van der Waals surface area (Å²) in [6.45, 7) is 6.27. The fourth-order valence-electron chi connectivity index (χ4n) is 3.53. The van der Waals surface area contributed by atoms with Crippen LogP contribution in [0.3, 0.4) is 0 Å². The highest BCUT2D eigenvalue weighted by molar-refractivity contribution is 5.88. The Morgan fingerprint density at radius 3 is 2.86 bits per heavy atom. The van der Waals surface area contributed by atoms with Gasteiger partial charge in [0, 0.05) is 30.6 Å². The van der Waals surface area contributed by atoms with Gasteiger partial charge in [-0.25, -0.2) is 0 Å². The van der Waals surface area contributed by atoms with Gasteiger partial charge >= 0.3 is 0 Å². The maximum Gasteiger partial charge on any atom is 0.191 e. The number of hydrogen-bond donors (Lipinski definition) is 3. The molecule has 0 saturated carbocycles. The van der Waals surface area contributed by atoms with E-state index in [1.165, 1.54) is 5.39 Å². The van der Waals surface area contributed by atoms with Gasteiger partial charge in [-0.15, -0.1) is 0 Å². The molecule has 6 nitrogen and oxygen atoms in total. The summed E-state index contributed by atoms with van der Waals surface area (Å²) in [5.74, 6) is 1.67. The van der Waals surface area contributed by atoms with Gasteiger partial charge in [-0.3, -0.25) is 4.99 Å². The molecule has 0 spiro atoms. The Kier molecular flexibility index (Phi) is 7.51. The molecule has 1 aliphatic rings. The Hall–Kier alpha value is -2.31. The van der Waals surface area contributed by atoms with Crippen LogP contribution in [0.4, 0.5) is 0 Å². The third-order valence-electron chi connectivity index (χ3n) is 5.15. The van der Waals surface area contributed by atoms with E-state index in [0.29, 0.717) is 26.3 Å². The van der Waals surface area contributed by atoms with E-state index < -0.39 is 0 Å². The van der Waals surface area contributed by atoms with E-state index in [9.17, 15) is 5.11 Å². The Labute approximate surface area is 167 Å². The van der Waals surface area contributed by atoms with Crippen molar-refractivity contribution in [3.8, 4) is 5.75 Å². The van der Waals surface area contributed by atoms with Crippen molar-refractivity contribution in [2.24, 2.45) is 10.4 Å². The summed E-state index contributed by atoms with van der Waals surface area (Å²) >= 11 is 0. The fraction of sp³-hybridized carbons (Fsp3) is 0.500. The lowest BCUT2D eigenvalue weighted by Crippen LogP contribution is -2.40. The molecule has 2 aromatic rings. The lowest BCUT2D eigenvalue weighted by atomic mass is 9.84. The van der Waals surface area contributed by atoms with Gasteiger partial charge < -0.3 is 25.2 Å². The van der Waals surface area contributed by atoms with Crippen molar-refractivity contribution in [3.63, 3.8) is 0 Å². The molecular formula is C22H31N3O3. The number of guanidine groups is 1. The van der Waals surface area contributed by atoms with E-state index in [4.69, 9.17) is 14.5 Å². The first-order valence-electron chi connectivity index (χ1n) is 10.1. The summed E-state index contributed by atoms with van der Waals surface area (Å²) in [5.41, 5.74) is -0.0451. The SMILES string of the molecule is CCNC(=NCC1(CCO)CCOC1)NCCOc1cccc2ccccc12. The maximum absolute atomic E-state index is 9.37. The number of rotatable bonds is 9. The van der Waals surface area contributed by atoms with E-state index in [2.05, 4.69) is 28.8 Å². The van der Waals surface area contributed by atoms with Crippen LogP contribution < -0.4 is 15.4 Å². The quantitative estimate of drug-likeness (QED) is 0.351. The Morgan fingerprint density at radius 1 is 1.21 bits per heavy atom. The summed E-state index contributed by atoms with van der Waals surface area (Å²) < 4.78 is 11.5. The van der Waals surface area contributed by atoms with Crippen molar-refractivity contribution in [1.29, 1.82) is 0 Å². The number of aliphatic imine (C=N–C) groups is 1. The third-order valence-corrected chi connectivity index (χ3v) is 5.15. The molecule has 1 atom stereocenters. The van der Waals surface area contributed by atoms with Gasteiger partial charge in [-0.1, -0.05) is 36.4 Å². The van der Waals surface area contributed by atoms with Crippen LogP contribution in [0.1, 0.15) is 19.8 Å². The smallest absolute Gasteiger partial charge is 0.191 e. The average molecular weight is 386 g/mol. The van der Waals surface area contributed by atoms with E-state index in [1.807, 2.05) is 31.2 Å². The number of hydrogen-bond acceptors (Lipinski definition) is 4. The minimum atomic E-state index is -0.0451. The number of aliphatic hydroxyl groups is 1. The Bertz CT molecular complexity index is 767. The summed E-state index contributed by atoms with van der Waals surface area (Å²) in [4.78, 5) is 4.73. The highest BCUT2D eigenvalue weighted by atomic mass is 16.5. The molecule has 1 heterocycles. The normalized spacial score (nSPS) is 19.7. The first kappa shape index (κ1) is 20.4. The molecule has 2 aromatic carbocycles. The van der Waals surface area contributed by atoms with Crippen LogP contribution in [0.25, 0.3) is 10.8 Å². The second-order valence-corrected chi connectivity index (χ2v) is 7.22. The van der Waals surface area contributed by atoms with Gasteiger partial charge in [0.15, 0.2) is 5.96 Å². The summed E-state index contributed by atoms with van der Waals surface area (Å²) in [6, 6.07) is 14.3. The van der Waals surface area contributed by atoms with E-state index in [1.54, 1.807) is 0 Å². The zero-order valence-corrected chi connectivity index (χ0v) is 16.6. The van der Waals surface area contributed by atoms with Crippen LogP contribution in [-0.4, -0.2) is 57.1 Å². The minimum Gasteiger partial charge on any atom is -0.491 e. The van der Waals surface area contributed by atoms with Gasteiger partial charge in [0.25, 0.3) is 0 Å². The minimum absolute atomic E-state index is 0.0451. The summed E-state index contributed by atoms with van der Waals surface area (Å²) in [5, 5.41) is 18.3. The highest BCUT2D eigenvalue weighted by Gasteiger charge is 2.34. The van der Waals surface area contributed by atoms with Crippen molar-refractivity contribution < 1.29 is 14.6 Å². The lowest BCUT2D eigenvalue weighted by Gasteiger charge is -2.24.